The van der Waals surface area contributed by atoms with E-state index in [1.165, 1.54) is 41.7 Å². The average Bonchev–Trinajstić information content (AvgIpc) is 2.99. The molecule has 2 atom stereocenters. The molecule has 0 amide bonds. The van der Waals surface area contributed by atoms with Crippen LogP contribution in [0.1, 0.15) is 44.2 Å². The molecule has 1 aromatic carbocycles. The monoisotopic (exact) mass is 387 g/mol. The SMILES string of the molecule is Cc1cccc(-c2nn(C[NH+]3CCOCC3)c(=S)n2[C@H]2CCCC[C@H]2C)c1. The van der Waals surface area contributed by atoms with Gasteiger partial charge in [-0.2, -0.15) is 4.68 Å². The third-order valence-corrected chi connectivity index (χ3v) is 6.53. The zero-order chi connectivity index (χ0) is 18.8. The van der Waals surface area contributed by atoms with Crippen LogP contribution < -0.4 is 4.90 Å². The predicted octanol–water partition coefficient (Wildman–Crippen LogP) is 3.01. The number of aryl methyl sites for hydroxylation is 1. The fourth-order valence-corrected chi connectivity index (χ4v) is 4.84. The minimum Gasteiger partial charge on any atom is -0.370 e. The minimum atomic E-state index is 0.454. The number of hydrogen-bond donors (Lipinski definition) is 1. The summed E-state index contributed by atoms with van der Waals surface area (Å²) in [7, 11) is 0. The highest BCUT2D eigenvalue weighted by Gasteiger charge is 2.28. The third kappa shape index (κ3) is 4.03. The van der Waals surface area contributed by atoms with Crippen LogP contribution in [0.25, 0.3) is 11.4 Å². The summed E-state index contributed by atoms with van der Waals surface area (Å²) in [5.74, 6) is 1.68. The van der Waals surface area contributed by atoms with Gasteiger partial charge >= 0.3 is 0 Å². The van der Waals surface area contributed by atoms with Crippen LogP contribution in [0, 0.1) is 17.6 Å². The van der Waals surface area contributed by atoms with Gasteiger partial charge in [-0.1, -0.05) is 43.5 Å². The Hall–Kier alpha value is -1.50. The number of benzene rings is 1. The van der Waals surface area contributed by atoms with Gasteiger partial charge in [0.15, 0.2) is 12.5 Å². The molecule has 2 fully saturated rings. The Morgan fingerprint density at radius 1 is 1.22 bits per heavy atom. The van der Waals surface area contributed by atoms with Gasteiger partial charge in [-0.05, 0) is 44.0 Å². The maximum atomic E-state index is 5.97. The molecule has 0 unspecified atom stereocenters. The first-order chi connectivity index (χ1) is 13.1. The van der Waals surface area contributed by atoms with Crippen LogP contribution >= 0.6 is 12.2 Å². The fraction of sp³-hybridized carbons (Fsp3) is 0.619. The predicted molar refractivity (Wildman–Crippen MR) is 109 cm³/mol. The van der Waals surface area contributed by atoms with Crippen molar-refractivity contribution in [2.24, 2.45) is 5.92 Å². The number of nitrogens with zero attached hydrogens (tertiary/aromatic N) is 3. The summed E-state index contributed by atoms with van der Waals surface area (Å²) in [4.78, 5) is 1.49. The van der Waals surface area contributed by atoms with E-state index in [1.807, 2.05) is 0 Å². The van der Waals surface area contributed by atoms with Crippen molar-refractivity contribution in [3.63, 3.8) is 0 Å². The Kier molecular flexibility index (Phi) is 5.76. The Morgan fingerprint density at radius 3 is 2.74 bits per heavy atom. The van der Waals surface area contributed by atoms with Crippen molar-refractivity contribution in [2.75, 3.05) is 26.3 Å². The van der Waals surface area contributed by atoms with E-state index in [0.717, 1.165) is 43.6 Å². The van der Waals surface area contributed by atoms with Gasteiger partial charge in [0.05, 0.1) is 13.2 Å². The molecule has 27 heavy (non-hydrogen) atoms. The fourth-order valence-electron chi connectivity index (χ4n) is 4.51. The lowest BCUT2D eigenvalue weighted by Crippen LogP contribution is -3.13. The molecule has 146 valence electrons. The zero-order valence-electron chi connectivity index (χ0n) is 16.5. The second-order valence-electron chi connectivity index (χ2n) is 8.19. The van der Waals surface area contributed by atoms with Crippen molar-refractivity contribution in [1.82, 2.24) is 14.3 Å². The second kappa shape index (κ2) is 8.25. The van der Waals surface area contributed by atoms with E-state index in [0.29, 0.717) is 12.0 Å². The molecule has 6 heteroatoms. The van der Waals surface area contributed by atoms with Crippen LogP contribution in [-0.4, -0.2) is 40.7 Å². The molecular weight excluding hydrogens is 356 g/mol. The Labute approximate surface area is 166 Å². The van der Waals surface area contributed by atoms with Crippen molar-refractivity contribution in [3.05, 3.63) is 34.6 Å². The van der Waals surface area contributed by atoms with Gasteiger partial charge in [0.25, 0.3) is 0 Å². The Balaban J connectivity index is 1.75. The normalized spacial score (nSPS) is 24.2. The molecule has 1 aromatic heterocycles. The van der Waals surface area contributed by atoms with Gasteiger partial charge in [-0.25, -0.2) is 0 Å². The van der Waals surface area contributed by atoms with E-state index in [1.54, 1.807) is 0 Å². The van der Waals surface area contributed by atoms with E-state index in [9.17, 15) is 0 Å². The Morgan fingerprint density at radius 2 is 2.00 bits per heavy atom. The lowest BCUT2D eigenvalue weighted by molar-refractivity contribution is -0.930. The first kappa shape index (κ1) is 18.8. The summed E-state index contributed by atoms with van der Waals surface area (Å²) < 4.78 is 10.8. The van der Waals surface area contributed by atoms with Crippen molar-refractivity contribution in [2.45, 2.75) is 52.2 Å². The highest BCUT2D eigenvalue weighted by Crippen LogP contribution is 2.36. The topological polar surface area (TPSA) is 36.4 Å². The lowest BCUT2D eigenvalue weighted by atomic mass is 9.85. The van der Waals surface area contributed by atoms with Crippen LogP contribution in [0.15, 0.2) is 24.3 Å². The van der Waals surface area contributed by atoms with Crippen LogP contribution in [0.5, 0.6) is 0 Å². The highest BCUT2D eigenvalue weighted by molar-refractivity contribution is 7.71. The number of ether oxygens (including phenoxy) is 1. The molecule has 2 aromatic rings. The molecule has 4 rings (SSSR count). The van der Waals surface area contributed by atoms with Gasteiger partial charge in [0, 0.05) is 11.6 Å². The largest absolute Gasteiger partial charge is 0.370 e. The van der Waals surface area contributed by atoms with Gasteiger partial charge in [-0.15, -0.1) is 5.10 Å². The number of nitrogens with one attached hydrogen (secondary N) is 1. The number of rotatable bonds is 4. The standard InChI is InChI=1S/C21H30N4OS/c1-16-6-5-8-18(14-16)20-22-24(15-23-10-12-26-13-11-23)21(27)25(20)19-9-4-3-7-17(19)2/h5-6,8,14,17,19H,3-4,7,9-13,15H2,1-2H3/p+1/t17-,19+/m1/s1. The molecule has 1 N–H and O–H groups in total. The average molecular weight is 388 g/mol. The summed E-state index contributed by atoms with van der Waals surface area (Å²) in [6.07, 6.45) is 5.09. The minimum absolute atomic E-state index is 0.454. The summed E-state index contributed by atoms with van der Waals surface area (Å²) in [6, 6.07) is 9.11. The Bertz CT molecular complexity index is 837. The molecule has 0 radical (unpaired) electrons. The quantitative estimate of drug-likeness (QED) is 0.820. The van der Waals surface area contributed by atoms with E-state index in [2.05, 4.69) is 47.4 Å². The van der Waals surface area contributed by atoms with E-state index < -0.39 is 0 Å². The van der Waals surface area contributed by atoms with Crippen LogP contribution in [-0.2, 0) is 11.4 Å². The molecule has 2 aliphatic rings. The summed E-state index contributed by atoms with van der Waals surface area (Å²) >= 11 is 5.97. The molecule has 0 bridgehead atoms. The summed E-state index contributed by atoms with van der Waals surface area (Å²) in [5, 5.41) is 5.04. The van der Waals surface area contributed by atoms with E-state index >= 15 is 0 Å². The van der Waals surface area contributed by atoms with E-state index in [4.69, 9.17) is 22.1 Å². The molecule has 1 saturated heterocycles. The third-order valence-electron chi connectivity index (χ3n) is 6.12. The molecular formula is C21H31N4OS+. The van der Waals surface area contributed by atoms with Crippen molar-refractivity contribution in [3.8, 4) is 11.4 Å². The number of quaternary nitrogens is 1. The molecule has 1 aliphatic heterocycles. The van der Waals surface area contributed by atoms with Crippen molar-refractivity contribution in [1.29, 1.82) is 0 Å². The van der Waals surface area contributed by atoms with E-state index in [-0.39, 0.29) is 0 Å². The van der Waals surface area contributed by atoms with Gasteiger partial charge in [0.2, 0.25) is 4.77 Å². The summed E-state index contributed by atoms with van der Waals surface area (Å²) in [5.41, 5.74) is 2.43. The van der Waals surface area contributed by atoms with Gasteiger partial charge in [0.1, 0.15) is 13.1 Å². The van der Waals surface area contributed by atoms with Gasteiger partial charge < -0.3 is 9.64 Å². The first-order valence-corrected chi connectivity index (χ1v) is 10.7. The molecule has 5 nitrogen and oxygen atoms in total. The second-order valence-corrected chi connectivity index (χ2v) is 8.56. The maximum absolute atomic E-state index is 5.97. The van der Waals surface area contributed by atoms with Crippen LogP contribution in [0.4, 0.5) is 0 Å². The maximum Gasteiger partial charge on any atom is 0.203 e. The lowest BCUT2D eigenvalue weighted by Gasteiger charge is -2.30. The molecule has 1 saturated carbocycles. The molecule has 1 aliphatic carbocycles. The van der Waals surface area contributed by atoms with Crippen molar-refractivity contribution < 1.29 is 9.64 Å². The smallest absolute Gasteiger partial charge is 0.203 e. The number of hydrogen-bond acceptors (Lipinski definition) is 3. The summed E-state index contributed by atoms with van der Waals surface area (Å²) in [6.45, 7) is 9.04. The van der Waals surface area contributed by atoms with Crippen molar-refractivity contribution >= 4 is 12.2 Å². The number of morpholine rings is 1. The molecule has 2 heterocycles. The highest BCUT2D eigenvalue weighted by atomic mass is 32.1. The zero-order valence-corrected chi connectivity index (χ0v) is 17.3. The van der Waals surface area contributed by atoms with Crippen LogP contribution in [0.2, 0.25) is 0 Å². The molecule has 0 spiro atoms. The van der Waals surface area contributed by atoms with Gasteiger partial charge in [-0.3, -0.25) is 4.57 Å². The first-order valence-electron chi connectivity index (χ1n) is 10.3. The van der Waals surface area contributed by atoms with Crippen LogP contribution in [0.3, 0.4) is 0 Å². The number of aromatic nitrogens is 3.